The van der Waals surface area contributed by atoms with Crippen LogP contribution in [-0.2, 0) is 11.3 Å². The number of aryl methyl sites for hydroxylation is 1. The minimum atomic E-state index is -0.362. The van der Waals surface area contributed by atoms with Crippen LogP contribution in [0.15, 0.2) is 71.5 Å². The molecule has 3 aromatic carbocycles. The quantitative estimate of drug-likeness (QED) is 0.473. The molecule has 0 aliphatic heterocycles. The van der Waals surface area contributed by atoms with Crippen molar-refractivity contribution in [2.75, 3.05) is 5.32 Å². The van der Waals surface area contributed by atoms with Gasteiger partial charge >= 0.3 is 0 Å². The number of nitrogens with zero attached hydrogens (tertiary/aromatic N) is 4. The molecule has 0 aliphatic carbocycles. The van der Waals surface area contributed by atoms with Crippen molar-refractivity contribution in [2.24, 2.45) is 0 Å². The van der Waals surface area contributed by atoms with Gasteiger partial charge in [0.05, 0.1) is 16.4 Å². The number of nitrogens with one attached hydrogen (secondary N) is 2. The fraction of sp³-hybridized carbons (Fsp3) is 0.0870. The maximum Gasteiger partial charge on any atom is 0.278 e. The van der Waals surface area contributed by atoms with Gasteiger partial charge < -0.3 is 10.3 Å². The molecule has 5 rings (SSSR count). The molecule has 0 saturated carbocycles. The van der Waals surface area contributed by atoms with Crippen LogP contribution in [-0.4, -0.2) is 30.9 Å². The Kier molecular flexibility index (Phi) is 4.51. The fourth-order valence-corrected chi connectivity index (χ4v) is 3.44. The number of hydrogen-bond donors (Lipinski definition) is 2. The summed E-state index contributed by atoms with van der Waals surface area (Å²) in [6.45, 7) is 1.82. The van der Waals surface area contributed by atoms with Crippen molar-refractivity contribution in [3.63, 3.8) is 0 Å². The van der Waals surface area contributed by atoms with Crippen molar-refractivity contribution in [2.45, 2.75) is 13.5 Å². The Morgan fingerprint density at radius 3 is 2.68 bits per heavy atom. The third-order valence-corrected chi connectivity index (χ3v) is 5.00. The van der Waals surface area contributed by atoms with Crippen LogP contribution in [0.25, 0.3) is 33.3 Å². The second kappa shape index (κ2) is 7.49. The van der Waals surface area contributed by atoms with Gasteiger partial charge in [0.15, 0.2) is 0 Å². The SMILES string of the molecule is Cc1ccc2nc(-c3ccc(NC(=O)Cn4nnc5ccccc5c4=O)cc3)[nH]c2c1. The van der Waals surface area contributed by atoms with E-state index in [4.69, 9.17) is 0 Å². The van der Waals surface area contributed by atoms with Gasteiger partial charge in [-0.3, -0.25) is 9.59 Å². The van der Waals surface area contributed by atoms with E-state index in [1.165, 1.54) is 0 Å². The van der Waals surface area contributed by atoms with E-state index in [2.05, 4.69) is 31.7 Å². The fourth-order valence-electron chi connectivity index (χ4n) is 3.44. The zero-order chi connectivity index (χ0) is 21.4. The van der Waals surface area contributed by atoms with Crippen molar-refractivity contribution in [1.82, 2.24) is 25.0 Å². The standard InChI is InChI=1S/C23H18N6O2/c1-14-6-11-19-20(12-14)26-22(25-19)15-7-9-16(10-8-15)24-21(30)13-29-23(31)17-4-2-3-5-18(17)27-28-29/h2-12H,13H2,1H3,(H,24,30)(H,25,26). The van der Waals surface area contributed by atoms with E-state index in [-0.39, 0.29) is 18.0 Å². The molecule has 0 saturated heterocycles. The molecular formula is C23H18N6O2. The smallest absolute Gasteiger partial charge is 0.278 e. The number of aromatic nitrogens is 5. The molecule has 8 nitrogen and oxygen atoms in total. The highest BCUT2D eigenvalue weighted by Crippen LogP contribution is 2.22. The summed E-state index contributed by atoms with van der Waals surface area (Å²) in [5.41, 5.74) is 4.72. The lowest BCUT2D eigenvalue weighted by Crippen LogP contribution is -2.30. The largest absolute Gasteiger partial charge is 0.338 e. The van der Waals surface area contributed by atoms with Crippen LogP contribution in [0.4, 0.5) is 5.69 Å². The first-order valence-corrected chi connectivity index (χ1v) is 9.76. The van der Waals surface area contributed by atoms with Crippen molar-refractivity contribution < 1.29 is 4.79 Å². The highest BCUT2D eigenvalue weighted by Gasteiger charge is 2.10. The maximum atomic E-state index is 12.5. The number of aromatic amines is 1. The van der Waals surface area contributed by atoms with E-state index in [0.29, 0.717) is 16.6 Å². The first-order valence-electron chi connectivity index (χ1n) is 9.76. The molecule has 8 heteroatoms. The predicted molar refractivity (Wildman–Crippen MR) is 119 cm³/mol. The van der Waals surface area contributed by atoms with E-state index in [1.807, 2.05) is 31.2 Å². The van der Waals surface area contributed by atoms with Gasteiger partial charge in [-0.1, -0.05) is 23.4 Å². The van der Waals surface area contributed by atoms with E-state index >= 15 is 0 Å². The van der Waals surface area contributed by atoms with E-state index in [9.17, 15) is 9.59 Å². The van der Waals surface area contributed by atoms with Crippen LogP contribution in [0, 0.1) is 6.92 Å². The molecule has 2 aromatic heterocycles. The molecule has 31 heavy (non-hydrogen) atoms. The number of rotatable bonds is 4. The summed E-state index contributed by atoms with van der Waals surface area (Å²) in [7, 11) is 0. The van der Waals surface area contributed by atoms with Gasteiger partial charge in [0, 0.05) is 11.3 Å². The third kappa shape index (κ3) is 3.66. The summed E-state index contributed by atoms with van der Waals surface area (Å²) in [5.74, 6) is 0.398. The molecule has 2 heterocycles. The lowest BCUT2D eigenvalue weighted by molar-refractivity contribution is -0.117. The average Bonchev–Trinajstić information content (AvgIpc) is 3.19. The second-order valence-electron chi connectivity index (χ2n) is 7.30. The summed E-state index contributed by atoms with van der Waals surface area (Å²) in [5, 5.41) is 11.1. The number of imidazole rings is 1. The average molecular weight is 410 g/mol. The van der Waals surface area contributed by atoms with Gasteiger partial charge in [0.25, 0.3) is 5.56 Å². The minimum Gasteiger partial charge on any atom is -0.338 e. The topological polar surface area (TPSA) is 106 Å². The highest BCUT2D eigenvalue weighted by atomic mass is 16.2. The van der Waals surface area contributed by atoms with Gasteiger partial charge in [-0.15, -0.1) is 5.10 Å². The first-order chi connectivity index (χ1) is 15.1. The van der Waals surface area contributed by atoms with Gasteiger partial charge in [-0.05, 0) is 61.0 Å². The second-order valence-corrected chi connectivity index (χ2v) is 7.30. The number of fused-ring (bicyclic) bond motifs is 2. The number of hydrogen-bond acceptors (Lipinski definition) is 5. The predicted octanol–water partition coefficient (Wildman–Crippen LogP) is 3.28. The van der Waals surface area contributed by atoms with Crippen LogP contribution in [0.5, 0.6) is 0 Å². The number of amides is 1. The number of anilines is 1. The van der Waals surface area contributed by atoms with E-state index in [0.717, 1.165) is 32.7 Å². The van der Waals surface area contributed by atoms with Gasteiger partial charge in [0.1, 0.15) is 17.9 Å². The molecule has 0 radical (unpaired) electrons. The van der Waals surface area contributed by atoms with Crippen LogP contribution in [0.1, 0.15) is 5.56 Å². The number of carbonyl (C=O) groups is 1. The summed E-state index contributed by atoms with van der Waals surface area (Å²) >= 11 is 0. The molecule has 0 fully saturated rings. The molecule has 5 aromatic rings. The van der Waals surface area contributed by atoms with Crippen LogP contribution in [0.2, 0.25) is 0 Å². The third-order valence-electron chi connectivity index (χ3n) is 5.00. The minimum absolute atomic E-state index is 0.221. The lowest BCUT2D eigenvalue weighted by atomic mass is 10.2. The molecular weight excluding hydrogens is 392 g/mol. The van der Waals surface area contributed by atoms with Crippen LogP contribution >= 0.6 is 0 Å². The van der Waals surface area contributed by atoms with Gasteiger partial charge in [-0.25, -0.2) is 9.67 Å². The number of benzene rings is 3. The molecule has 0 spiro atoms. The zero-order valence-electron chi connectivity index (χ0n) is 16.7. The van der Waals surface area contributed by atoms with E-state index in [1.54, 1.807) is 36.4 Å². The summed E-state index contributed by atoms with van der Waals surface area (Å²) in [4.78, 5) is 32.8. The van der Waals surface area contributed by atoms with E-state index < -0.39 is 0 Å². The number of H-pyrrole nitrogens is 1. The van der Waals surface area contributed by atoms with Crippen molar-refractivity contribution in [1.29, 1.82) is 0 Å². The first kappa shape index (κ1) is 18.7. The summed E-state index contributed by atoms with van der Waals surface area (Å²) < 4.78 is 1.06. The Labute approximate surface area is 176 Å². The molecule has 0 bridgehead atoms. The number of carbonyl (C=O) groups excluding carboxylic acids is 1. The molecule has 0 unspecified atom stereocenters. The normalized spacial score (nSPS) is 11.1. The molecule has 2 N–H and O–H groups in total. The van der Waals surface area contributed by atoms with Crippen molar-refractivity contribution >= 4 is 33.5 Å². The Balaban J connectivity index is 1.32. The zero-order valence-corrected chi connectivity index (χ0v) is 16.7. The van der Waals surface area contributed by atoms with Crippen molar-refractivity contribution in [3.8, 4) is 11.4 Å². The Hall–Kier alpha value is -4.33. The monoisotopic (exact) mass is 410 g/mol. The molecule has 1 amide bonds. The van der Waals surface area contributed by atoms with Crippen molar-refractivity contribution in [3.05, 3.63) is 82.6 Å². The lowest BCUT2D eigenvalue weighted by Gasteiger charge is -2.07. The van der Waals surface area contributed by atoms with Crippen LogP contribution in [0.3, 0.4) is 0 Å². The van der Waals surface area contributed by atoms with Crippen LogP contribution < -0.4 is 10.9 Å². The maximum absolute atomic E-state index is 12.5. The Bertz CT molecular complexity index is 1480. The molecule has 0 atom stereocenters. The Morgan fingerprint density at radius 1 is 1.03 bits per heavy atom. The summed E-state index contributed by atoms with van der Waals surface area (Å²) in [6, 6.07) is 20.3. The molecule has 152 valence electrons. The highest BCUT2D eigenvalue weighted by molar-refractivity contribution is 5.91. The van der Waals surface area contributed by atoms with Gasteiger partial charge in [0.2, 0.25) is 5.91 Å². The molecule has 0 aliphatic rings. The van der Waals surface area contributed by atoms with Gasteiger partial charge in [-0.2, -0.15) is 0 Å². The Morgan fingerprint density at radius 2 is 1.84 bits per heavy atom. The summed E-state index contributed by atoms with van der Waals surface area (Å²) in [6.07, 6.45) is 0.